The fraction of sp³-hybridized carbons (Fsp3) is 0.400. The summed E-state index contributed by atoms with van der Waals surface area (Å²) in [6.45, 7) is 3.52. The lowest BCUT2D eigenvalue weighted by atomic mass is 9.99. The number of carbonyl (C=O) groups excluding carboxylic acids is 1. The average molecular weight is 322 g/mol. The molecule has 1 aromatic heterocycles. The van der Waals surface area contributed by atoms with E-state index in [1.165, 1.54) is 0 Å². The maximum absolute atomic E-state index is 12.7. The SMILES string of the molecule is Cc1cccc(C(=O)N2C[C@@H]3CC[C@H](Oc4ccccc4)[C@@H]3C2)n1. The number of hydrogen-bond donors (Lipinski definition) is 0. The van der Waals surface area contributed by atoms with E-state index >= 15 is 0 Å². The molecule has 1 aliphatic carbocycles. The van der Waals surface area contributed by atoms with Gasteiger partial charge in [-0.25, -0.2) is 4.98 Å². The number of amides is 1. The first-order chi connectivity index (χ1) is 11.7. The Morgan fingerprint density at radius 3 is 2.71 bits per heavy atom. The molecular formula is C20H22N2O2. The molecule has 4 rings (SSSR count). The van der Waals surface area contributed by atoms with Crippen molar-refractivity contribution in [2.24, 2.45) is 11.8 Å². The third kappa shape index (κ3) is 2.88. The number of nitrogens with zero attached hydrogens (tertiary/aromatic N) is 2. The van der Waals surface area contributed by atoms with Crippen molar-refractivity contribution in [3.05, 3.63) is 59.9 Å². The standard InChI is InChI=1S/C20H22N2O2/c1-14-6-5-9-18(21-14)20(23)22-12-15-10-11-19(17(15)13-22)24-16-7-3-2-4-8-16/h2-9,15,17,19H,10-13H2,1H3/t15-,17+,19-/m0/s1. The van der Waals surface area contributed by atoms with Gasteiger partial charge in [0, 0.05) is 24.7 Å². The van der Waals surface area contributed by atoms with Crippen LogP contribution in [0.15, 0.2) is 48.5 Å². The summed E-state index contributed by atoms with van der Waals surface area (Å²) in [4.78, 5) is 19.0. The molecule has 1 aromatic carbocycles. The molecule has 1 aliphatic heterocycles. The molecular weight excluding hydrogens is 300 g/mol. The van der Waals surface area contributed by atoms with Gasteiger partial charge in [-0.2, -0.15) is 0 Å². The Hall–Kier alpha value is -2.36. The van der Waals surface area contributed by atoms with E-state index in [2.05, 4.69) is 4.98 Å². The van der Waals surface area contributed by atoms with Crippen LogP contribution in [0.4, 0.5) is 0 Å². The second-order valence-electron chi connectivity index (χ2n) is 6.84. The van der Waals surface area contributed by atoms with E-state index in [-0.39, 0.29) is 12.0 Å². The monoisotopic (exact) mass is 322 g/mol. The van der Waals surface area contributed by atoms with Gasteiger partial charge in [0.05, 0.1) is 0 Å². The molecule has 0 bridgehead atoms. The van der Waals surface area contributed by atoms with Gasteiger partial charge in [-0.05, 0) is 49.9 Å². The zero-order chi connectivity index (χ0) is 16.5. The number of aromatic nitrogens is 1. The van der Waals surface area contributed by atoms with Crippen LogP contribution in [-0.2, 0) is 0 Å². The first-order valence-corrected chi connectivity index (χ1v) is 8.65. The molecule has 4 heteroatoms. The Labute approximate surface area is 142 Å². The van der Waals surface area contributed by atoms with Gasteiger partial charge in [0.2, 0.25) is 0 Å². The molecule has 1 saturated carbocycles. The largest absolute Gasteiger partial charge is 0.490 e. The highest BCUT2D eigenvalue weighted by atomic mass is 16.5. The molecule has 0 spiro atoms. The third-order valence-corrected chi connectivity index (χ3v) is 5.22. The van der Waals surface area contributed by atoms with Crippen LogP contribution in [-0.4, -0.2) is 35.0 Å². The summed E-state index contributed by atoms with van der Waals surface area (Å²) in [7, 11) is 0. The Morgan fingerprint density at radius 2 is 1.92 bits per heavy atom. The summed E-state index contributed by atoms with van der Waals surface area (Å²) in [5.74, 6) is 1.95. The lowest BCUT2D eigenvalue weighted by molar-refractivity contribution is 0.0756. The number of hydrogen-bond acceptors (Lipinski definition) is 3. The zero-order valence-electron chi connectivity index (χ0n) is 13.9. The van der Waals surface area contributed by atoms with Gasteiger partial charge in [-0.1, -0.05) is 24.3 Å². The zero-order valence-corrected chi connectivity index (χ0v) is 13.9. The summed E-state index contributed by atoms with van der Waals surface area (Å²) < 4.78 is 6.19. The number of para-hydroxylation sites is 1. The van der Waals surface area contributed by atoms with Crippen LogP contribution in [0.25, 0.3) is 0 Å². The summed E-state index contributed by atoms with van der Waals surface area (Å²) in [5.41, 5.74) is 1.43. The molecule has 1 amide bonds. The quantitative estimate of drug-likeness (QED) is 0.870. The number of aryl methyl sites for hydroxylation is 1. The van der Waals surface area contributed by atoms with Crippen molar-refractivity contribution in [1.29, 1.82) is 0 Å². The van der Waals surface area contributed by atoms with Crippen molar-refractivity contribution in [2.45, 2.75) is 25.9 Å². The van der Waals surface area contributed by atoms with E-state index in [1.807, 2.05) is 54.3 Å². The smallest absolute Gasteiger partial charge is 0.272 e. The second kappa shape index (κ2) is 6.27. The van der Waals surface area contributed by atoms with Gasteiger partial charge in [0.1, 0.15) is 17.5 Å². The number of ether oxygens (including phenoxy) is 1. The van der Waals surface area contributed by atoms with Crippen LogP contribution in [0.3, 0.4) is 0 Å². The molecule has 1 saturated heterocycles. The molecule has 2 fully saturated rings. The molecule has 2 aromatic rings. The van der Waals surface area contributed by atoms with Crippen LogP contribution < -0.4 is 4.74 Å². The molecule has 4 nitrogen and oxygen atoms in total. The highest BCUT2D eigenvalue weighted by molar-refractivity contribution is 5.92. The summed E-state index contributed by atoms with van der Waals surface area (Å²) in [6, 6.07) is 15.6. The van der Waals surface area contributed by atoms with Crippen LogP contribution in [0.5, 0.6) is 5.75 Å². The summed E-state index contributed by atoms with van der Waals surface area (Å²) >= 11 is 0. The highest BCUT2D eigenvalue weighted by Gasteiger charge is 2.45. The normalized spacial score (nSPS) is 25.5. The van der Waals surface area contributed by atoms with Gasteiger partial charge >= 0.3 is 0 Å². The lowest BCUT2D eigenvalue weighted by Gasteiger charge is -2.22. The second-order valence-corrected chi connectivity index (χ2v) is 6.84. The molecule has 0 radical (unpaired) electrons. The number of fused-ring (bicyclic) bond motifs is 1. The van der Waals surface area contributed by atoms with Crippen molar-refractivity contribution < 1.29 is 9.53 Å². The lowest BCUT2D eigenvalue weighted by Crippen LogP contribution is -2.33. The Bertz CT molecular complexity index is 731. The predicted molar refractivity (Wildman–Crippen MR) is 91.9 cm³/mol. The Balaban J connectivity index is 1.45. The fourth-order valence-electron chi connectivity index (χ4n) is 4.03. The molecule has 124 valence electrons. The van der Waals surface area contributed by atoms with Crippen molar-refractivity contribution in [3.8, 4) is 5.75 Å². The fourth-order valence-corrected chi connectivity index (χ4v) is 4.03. The molecule has 3 atom stereocenters. The molecule has 0 unspecified atom stereocenters. The topological polar surface area (TPSA) is 42.4 Å². The number of rotatable bonds is 3. The van der Waals surface area contributed by atoms with Crippen LogP contribution in [0, 0.1) is 18.8 Å². The molecule has 2 heterocycles. The molecule has 0 N–H and O–H groups in total. The van der Waals surface area contributed by atoms with Gasteiger partial charge < -0.3 is 9.64 Å². The van der Waals surface area contributed by atoms with Crippen molar-refractivity contribution >= 4 is 5.91 Å². The minimum Gasteiger partial charge on any atom is -0.490 e. The van der Waals surface area contributed by atoms with Crippen LogP contribution in [0.2, 0.25) is 0 Å². The molecule has 2 aliphatic rings. The van der Waals surface area contributed by atoms with Gasteiger partial charge in [-0.3, -0.25) is 4.79 Å². The first kappa shape index (κ1) is 15.2. The first-order valence-electron chi connectivity index (χ1n) is 8.65. The maximum Gasteiger partial charge on any atom is 0.272 e. The van der Waals surface area contributed by atoms with Crippen molar-refractivity contribution in [1.82, 2.24) is 9.88 Å². The van der Waals surface area contributed by atoms with Crippen LogP contribution in [0.1, 0.15) is 29.0 Å². The average Bonchev–Trinajstić information content (AvgIpc) is 3.17. The van der Waals surface area contributed by atoms with E-state index in [0.717, 1.165) is 37.4 Å². The number of pyridine rings is 1. The summed E-state index contributed by atoms with van der Waals surface area (Å²) in [6.07, 6.45) is 2.42. The van der Waals surface area contributed by atoms with E-state index < -0.39 is 0 Å². The number of likely N-dealkylation sites (tertiary alicyclic amines) is 1. The minimum atomic E-state index is 0.0477. The maximum atomic E-state index is 12.7. The predicted octanol–water partition coefficient (Wildman–Crippen LogP) is 3.32. The van der Waals surface area contributed by atoms with Crippen molar-refractivity contribution in [3.63, 3.8) is 0 Å². The van der Waals surface area contributed by atoms with E-state index in [1.54, 1.807) is 6.07 Å². The van der Waals surface area contributed by atoms with Crippen molar-refractivity contribution in [2.75, 3.05) is 13.1 Å². The Morgan fingerprint density at radius 1 is 1.08 bits per heavy atom. The van der Waals surface area contributed by atoms with Gasteiger partial charge in [0.25, 0.3) is 5.91 Å². The van der Waals surface area contributed by atoms with E-state index in [9.17, 15) is 4.79 Å². The minimum absolute atomic E-state index is 0.0477. The van der Waals surface area contributed by atoms with Gasteiger partial charge in [0.15, 0.2) is 0 Å². The van der Waals surface area contributed by atoms with Crippen LogP contribution >= 0.6 is 0 Å². The number of benzene rings is 1. The summed E-state index contributed by atoms with van der Waals surface area (Å²) in [5, 5.41) is 0. The molecule has 24 heavy (non-hydrogen) atoms. The van der Waals surface area contributed by atoms with Gasteiger partial charge in [-0.15, -0.1) is 0 Å². The third-order valence-electron chi connectivity index (χ3n) is 5.22. The van der Waals surface area contributed by atoms with E-state index in [4.69, 9.17) is 4.74 Å². The Kier molecular flexibility index (Phi) is 3.97. The van der Waals surface area contributed by atoms with E-state index in [0.29, 0.717) is 17.5 Å². The number of carbonyl (C=O) groups is 1. The highest BCUT2D eigenvalue weighted by Crippen LogP contribution is 2.40.